The molecule has 19 heavy (non-hydrogen) atoms. The van der Waals surface area contributed by atoms with Crippen molar-refractivity contribution in [2.75, 3.05) is 5.32 Å². The van der Waals surface area contributed by atoms with E-state index in [0.29, 0.717) is 11.0 Å². The van der Waals surface area contributed by atoms with Crippen molar-refractivity contribution in [3.63, 3.8) is 0 Å². The fourth-order valence-corrected chi connectivity index (χ4v) is 2.60. The van der Waals surface area contributed by atoms with E-state index in [9.17, 15) is 4.79 Å². The van der Waals surface area contributed by atoms with Crippen LogP contribution in [0.15, 0.2) is 29.6 Å². The molecule has 0 unspecified atom stereocenters. The lowest BCUT2D eigenvalue weighted by Gasteiger charge is -2.08. The third-order valence-corrected chi connectivity index (χ3v) is 3.93. The van der Waals surface area contributed by atoms with Gasteiger partial charge in [0, 0.05) is 17.9 Å². The first kappa shape index (κ1) is 13.7. The normalized spacial score (nSPS) is 12.2. The molecular formula is C15H18N2OS. The van der Waals surface area contributed by atoms with E-state index in [4.69, 9.17) is 0 Å². The van der Waals surface area contributed by atoms with E-state index in [1.54, 1.807) is 0 Å². The first-order valence-corrected chi connectivity index (χ1v) is 7.31. The Balaban J connectivity index is 2.18. The average molecular weight is 274 g/mol. The Morgan fingerprint density at radius 2 is 2.05 bits per heavy atom. The maximum absolute atomic E-state index is 11.0. The molecule has 1 aromatic carbocycles. The third kappa shape index (κ3) is 3.41. The van der Waals surface area contributed by atoms with Crippen LogP contribution in [0.2, 0.25) is 0 Å². The number of benzene rings is 1. The maximum Gasteiger partial charge on any atom is 0.223 e. The van der Waals surface area contributed by atoms with E-state index in [0.717, 1.165) is 17.7 Å². The molecule has 4 heteroatoms. The van der Waals surface area contributed by atoms with Gasteiger partial charge in [0.15, 0.2) is 5.13 Å². The zero-order valence-electron chi connectivity index (χ0n) is 11.4. The number of nitrogens with one attached hydrogen (secondary N) is 1. The summed E-state index contributed by atoms with van der Waals surface area (Å²) in [6, 6.07) is 8.49. The summed E-state index contributed by atoms with van der Waals surface area (Å²) in [5, 5.41) is 5.31. The average Bonchev–Trinajstić information content (AvgIpc) is 2.85. The molecule has 0 aliphatic heterocycles. The fourth-order valence-electron chi connectivity index (χ4n) is 1.83. The SMILES string of the molecule is CC[C@H](C)c1ccc(-c2csc(NC(C)=O)n2)cc1. The molecule has 1 amide bonds. The lowest BCUT2D eigenvalue weighted by Crippen LogP contribution is -2.04. The largest absolute Gasteiger partial charge is 0.302 e. The Labute approximate surface area is 117 Å². The molecule has 1 heterocycles. The molecule has 100 valence electrons. The molecule has 1 atom stereocenters. The van der Waals surface area contributed by atoms with Crippen LogP contribution in [0.4, 0.5) is 5.13 Å². The second-order valence-corrected chi connectivity index (χ2v) is 5.51. The monoisotopic (exact) mass is 274 g/mol. The molecule has 1 N–H and O–H groups in total. The van der Waals surface area contributed by atoms with E-state index in [2.05, 4.69) is 48.4 Å². The van der Waals surface area contributed by atoms with Gasteiger partial charge in [-0.1, -0.05) is 38.1 Å². The number of hydrogen-bond acceptors (Lipinski definition) is 3. The second kappa shape index (κ2) is 5.97. The Kier molecular flexibility index (Phi) is 4.32. The summed E-state index contributed by atoms with van der Waals surface area (Å²) < 4.78 is 0. The first-order chi connectivity index (χ1) is 9.10. The van der Waals surface area contributed by atoms with Crippen molar-refractivity contribution < 1.29 is 4.79 Å². The predicted octanol–water partition coefficient (Wildman–Crippen LogP) is 4.28. The molecule has 0 aliphatic rings. The van der Waals surface area contributed by atoms with Gasteiger partial charge in [-0.25, -0.2) is 4.98 Å². The lowest BCUT2D eigenvalue weighted by atomic mass is 9.97. The number of aromatic nitrogens is 1. The molecule has 0 saturated carbocycles. The number of amides is 1. The van der Waals surface area contributed by atoms with Crippen molar-refractivity contribution in [2.24, 2.45) is 0 Å². The molecule has 0 saturated heterocycles. The van der Waals surface area contributed by atoms with Gasteiger partial charge in [0.25, 0.3) is 0 Å². The number of hydrogen-bond donors (Lipinski definition) is 1. The van der Waals surface area contributed by atoms with Crippen LogP contribution >= 0.6 is 11.3 Å². The lowest BCUT2D eigenvalue weighted by molar-refractivity contribution is -0.114. The van der Waals surface area contributed by atoms with Gasteiger partial charge in [-0.3, -0.25) is 4.79 Å². The Hall–Kier alpha value is -1.68. The van der Waals surface area contributed by atoms with Crippen LogP contribution in [0.1, 0.15) is 38.7 Å². The standard InChI is InChI=1S/C15H18N2OS/c1-4-10(2)12-5-7-13(8-6-12)14-9-19-15(17-14)16-11(3)18/h5-10H,4H2,1-3H3,(H,16,17,18)/t10-/m0/s1. The summed E-state index contributed by atoms with van der Waals surface area (Å²) in [6.07, 6.45) is 1.14. The molecule has 0 fully saturated rings. The highest BCUT2D eigenvalue weighted by Crippen LogP contribution is 2.27. The van der Waals surface area contributed by atoms with E-state index in [-0.39, 0.29) is 5.91 Å². The van der Waals surface area contributed by atoms with Crippen molar-refractivity contribution in [1.29, 1.82) is 0 Å². The van der Waals surface area contributed by atoms with Gasteiger partial charge in [0.2, 0.25) is 5.91 Å². The highest BCUT2D eigenvalue weighted by Gasteiger charge is 2.07. The molecule has 1 aromatic heterocycles. The van der Waals surface area contributed by atoms with Crippen LogP contribution in [0, 0.1) is 0 Å². The summed E-state index contributed by atoms with van der Waals surface area (Å²) in [4.78, 5) is 15.4. The van der Waals surface area contributed by atoms with Crippen molar-refractivity contribution in [3.05, 3.63) is 35.2 Å². The van der Waals surface area contributed by atoms with Gasteiger partial charge in [-0.15, -0.1) is 11.3 Å². The van der Waals surface area contributed by atoms with E-state index in [1.807, 2.05) is 5.38 Å². The van der Waals surface area contributed by atoms with E-state index < -0.39 is 0 Å². The smallest absolute Gasteiger partial charge is 0.223 e. The quantitative estimate of drug-likeness (QED) is 0.904. The molecule has 0 spiro atoms. The predicted molar refractivity (Wildman–Crippen MR) is 80.6 cm³/mol. The van der Waals surface area contributed by atoms with Crippen molar-refractivity contribution in [2.45, 2.75) is 33.1 Å². The second-order valence-electron chi connectivity index (χ2n) is 4.65. The van der Waals surface area contributed by atoms with Gasteiger partial charge in [-0.05, 0) is 17.9 Å². The highest BCUT2D eigenvalue weighted by molar-refractivity contribution is 7.14. The van der Waals surface area contributed by atoms with Gasteiger partial charge in [0.05, 0.1) is 5.69 Å². The summed E-state index contributed by atoms with van der Waals surface area (Å²) in [5.74, 6) is 0.493. The highest BCUT2D eigenvalue weighted by atomic mass is 32.1. The molecular weight excluding hydrogens is 256 g/mol. The van der Waals surface area contributed by atoms with Crippen LogP contribution in [0.3, 0.4) is 0 Å². The van der Waals surface area contributed by atoms with Crippen LogP contribution in [0.5, 0.6) is 0 Å². The Morgan fingerprint density at radius 1 is 1.37 bits per heavy atom. The number of nitrogens with zero attached hydrogens (tertiary/aromatic N) is 1. The molecule has 2 aromatic rings. The van der Waals surface area contributed by atoms with Crippen LogP contribution < -0.4 is 5.32 Å². The summed E-state index contributed by atoms with van der Waals surface area (Å²) in [6.45, 7) is 5.91. The number of anilines is 1. The third-order valence-electron chi connectivity index (χ3n) is 3.18. The van der Waals surface area contributed by atoms with Gasteiger partial charge in [0.1, 0.15) is 0 Å². The summed E-state index contributed by atoms with van der Waals surface area (Å²) in [5.41, 5.74) is 3.34. The summed E-state index contributed by atoms with van der Waals surface area (Å²) >= 11 is 1.44. The number of carbonyl (C=O) groups excluding carboxylic acids is 1. The van der Waals surface area contributed by atoms with E-state index in [1.165, 1.54) is 23.8 Å². The van der Waals surface area contributed by atoms with E-state index >= 15 is 0 Å². The molecule has 0 aliphatic carbocycles. The van der Waals surface area contributed by atoms with Gasteiger partial charge < -0.3 is 5.32 Å². The van der Waals surface area contributed by atoms with Crippen LogP contribution in [0.25, 0.3) is 11.3 Å². The minimum atomic E-state index is -0.0898. The minimum Gasteiger partial charge on any atom is -0.302 e. The van der Waals surface area contributed by atoms with Crippen molar-refractivity contribution in [1.82, 2.24) is 4.98 Å². The van der Waals surface area contributed by atoms with Gasteiger partial charge in [-0.2, -0.15) is 0 Å². The van der Waals surface area contributed by atoms with Gasteiger partial charge >= 0.3 is 0 Å². The van der Waals surface area contributed by atoms with Crippen molar-refractivity contribution in [3.8, 4) is 11.3 Å². The number of thiazole rings is 1. The zero-order chi connectivity index (χ0) is 13.8. The molecule has 0 radical (unpaired) electrons. The Bertz CT molecular complexity index is 560. The molecule has 0 bridgehead atoms. The summed E-state index contributed by atoms with van der Waals surface area (Å²) in [7, 11) is 0. The minimum absolute atomic E-state index is 0.0898. The molecule has 3 nitrogen and oxygen atoms in total. The Morgan fingerprint density at radius 3 is 2.63 bits per heavy atom. The number of rotatable bonds is 4. The zero-order valence-corrected chi connectivity index (χ0v) is 12.3. The number of carbonyl (C=O) groups is 1. The fraction of sp³-hybridized carbons (Fsp3) is 0.333. The topological polar surface area (TPSA) is 42.0 Å². The first-order valence-electron chi connectivity index (χ1n) is 6.43. The molecule has 2 rings (SSSR count). The van der Waals surface area contributed by atoms with Crippen molar-refractivity contribution >= 4 is 22.4 Å². The maximum atomic E-state index is 11.0. The van der Waals surface area contributed by atoms with Crippen LogP contribution in [-0.4, -0.2) is 10.9 Å². The van der Waals surface area contributed by atoms with Crippen LogP contribution in [-0.2, 0) is 4.79 Å².